The molecule has 1 amide bonds. The van der Waals surface area contributed by atoms with Crippen molar-refractivity contribution < 1.29 is 9.53 Å². The number of amides is 1. The minimum Gasteiger partial charge on any atom is -0.484 e. The number of aromatic nitrogens is 2. The van der Waals surface area contributed by atoms with Crippen molar-refractivity contribution in [2.24, 2.45) is 0 Å². The number of carbonyl (C=O) groups is 1. The first-order valence-corrected chi connectivity index (χ1v) is 6.07. The van der Waals surface area contributed by atoms with Gasteiger partial charge in [-0.15, -0.1) is 0 Å². The summed E-state index contributed by atoms with van der Waals surface area (Å²) in [6.07, 6.45) is 3.40. The second-order valence-electron chi connectivity index (χ2n) is 4.39. The maximum Gasteiger partial charge on any atom is 0.260 e. The molecule has 1 aromatic heterocycles. The van der Waals surface area contributed by atoms with Crippen molar-refractivity contribution in [1.29, 1.82) is 0 Å². The molecule has 0 saturated carbocycles. The Bertz CT molecular complexity index is 520. The molecule has 0 saturated heterocycles. The summed E-state index contributed by atoms with van der Waals surface area (Å²) in [5.74, 6) is 1.37. The first-order valence-electron chi connectivity index (χ1n) is 6.07. The van der Waals surface area contributed by atoms with Gasteiger partial charge in [0, 0.05) is 19.4 Å². The van der Waals surface area contributed by atoms with Gasteiger partial charge in [-0.05, 0) is 19.1 Å². The van der Waals surface area contributed by atoms with Gasteiger partial charge in [-0.1, -0.05) is 17.7 Å². The molecule has 0 atom stereocenters. The van der Waals surface area contributed by atoms with Crippen molar-refractivity contribution >= 4 is 5.91 Å². The van der Waals surface area contributed by atoms with Gasteiger partial charge in [0.2, 0.25) is 0 Å². The van der Waals surface area contributed by atoms with E-state index >= 15 is 0 Å². The van der Waals surface area contributed by atoms with E-state index in [1.54, 1.807) is 24.3 Å². The number of imidazole rings is 1. The third-order valence-corrected chi connectivity index (χ3v) is 2.75. The number of carbonyl (C=O) groups excluding carboxylic acids is 1. The summed E-state index contributed by atoms with van der Waals surface area (Å²) < 4.78 is 5.44. The molecule has 0 bridgehead atoms. The van der Waals surface area contributed by atoms with E-state index < -0.39 is 0 Å². The molecule has 19 heavy (non-hydrogen) atoms. The van der Waals surface area contributed by atoms with E-state index in [0.717, 1.165) is 11.4 Å². The molecule has 1 aromatic carbocycles. The van der Waals surface area contributed by atoms with Gasteiger partial charge in [-0.25, -0.2) is 4.98 Å². The average molecular weight is 259 g/mol. The SMILES string of the molecule is Cc1ccc(OCC(=O)N(C)Cc2ncc[nH]2)cc1. The standard InChI is InChI=1S/C14H17N3O2/c1-11-3-5-12(6-4-11)19-10-14(18)17(2)9-13-15-7-8-16-13/h3-8H,9-10H2,1-2H3,(H,15,16). The highest BCUT2D eigenvalue weighted by Gasteiger charge is 2.11. The van der Waals surface area contributed by atoms with Crippen LogP contribution in [0.3, 0.4) is 0 Å². The molecule has 0 aliphatic heterocycles. The number of nitrogens with zero attached hydrogens (tertiary/aromatic N) is 2. The fraction of sp³-hybridized carbons (Fsp3) is 0.286. The highest BCUT2D eigenvalue weighted by molar-refractivity contribution is 5.77. The maximum absolute atomic E-state index is 11.9. The Morgan fingerprint density at radius 3 is 2.74 bits per heavy atom. The molecule has 5 nitrogen and oxygen atoms in total. The van der Waals surface area contributed by atoms with E-state index in [9.17, 15) is 4.79 Å². The van der Waals surface area contributed by atoms with E-state index in [2.05, 4.69) is 9.97 Å². The lowest BCUT2D eigenvalue weighted by Gasteiger charge is -2.16. The van der Waals surface area contributed by atoms with Crippen LogP contribution in [0.15, 0.2) is 36.7 Å². The van der Waals surface area contributed by atoms with Gasteiger partial charge in [0.15, 0.2) is 6.61 Å². The van der Waals surface area contributed by atoms with Crippen molar-refractivity contribution in [3.63, 3.8) is 0 Å². The highest BCUT2D eigenvalue weighted by Crippen LogP contribution is 2.11. The van der Waals surface area contributed by atoms with Crippen LogP contribution in [0.4, 0.5) is 0 Å². The number of likely N-dealkylation sites (N-methyl/N-ethyl adjacent to an activating group) is 1. The van der Waals surface area contributed by atoms with E-state index in [1.807, 2.05) is 31.2 Å². The lowest BCUT2D eigenvalue weighted by atomic mass is 10.2. The minimum atomic E-state index is -0.0861. The molecule has 0 aliphatic carbocycles. The largest absolute Gasteiger partial charge is 0.484 e. The summed E-state index contributed by atoms with van der Waals surface area (Å²) in [5, 5.41) is 0. The van der Waals surface area contributed by atoms with Crippen LogP contribution in [0.1, 0.15) is 11.4 Å². The summed E-state index contributed by atoms with van der Waals surface area (Å²) in [4.78, 5) is 20.5. The van der Waals surface area contributed by atoms with Crippen LogP contribution >= 0.6 is 0 Å². The van der Waals surface area contributed by atoms with Gasteiger partial charge in [0.25, 0.3) is 5.91 Å². The zero-order valence-corrected chi connectivity index (χ0v) is 11.1. The lowest BCUT2D eigenvalue weighted by Crippen LogP contribution is -2.31. The summed E-state index contributed by atoms with van der Waals surface area (Å²) >= 11 is 0. The third kappa shape index (κ3) is 3.84. The molecule has 5 heteroatoms. The molecule has 1 heterocycles. The molecule has 100 valence electrons. The molecule has 2 rings (SSSR count). The molecule has 0 fully saturated rings. The lowest BCUT2D eigenvalue weighted by molar-refractivity contribution is -0.132. The summed E-state index contributed by atoms with van der Waals surface area (Å²) in [5.41, 5.74) is 1.16. The number of aryl methyl sites for hydroxylation is 1. The molecule has 0 aliphatic rings. The van der Waals surface area contributed by atoms with E-state index in [-0.39, 0.29) is 12.5 Å². The monoisotopic (exact) mass is 259 g/mol. The molecular weight excluding hydrogens is 242 g/mol. The van der Waals surface area contributed by atoms with Crippen molar-refractivity contribution in [2.75, 3.05) is 13.7 Å². The Balaban J connectivity index is 1.82. The summed E-state index contributed by atoms with van der Waals surface area (Å²) in [6.45, 7) is 2.48. The van der Waals surface area contributed by atoms with Gasteiger partial charge < -0.3 is 14.6 Å². The summed E-state index contributed by atoms with van der Waals surface area (Å²) in [6, 6.07) is 7.61. The van der Waals surface area contributed by atoms with Crippen molar-refractivity contribution in [1.82, 2.24) is 14.9 Å². The second kappa shape index (κ2) is 6.04. The van der Waals surface area contributed by atoms with E-state index in [1.165, 1.54) is 0 Å². The number of aromatic amines is 1. The zero-order valence-electron chi connectivity index (χ0n) is 11.1. The Morgan fingerprint density at radius 2 is 2.11 bits per heavy atom. The number of hydrogen-bond acceptors (Lipinski definition) is 3. The predicted molar refractivity (Wildman–Crippen MR) is 71.7 cm³/mol. The molecule has 0 radical (unpaired) electrons. The Labute approximate surface area is 112 Å². The Morgan fingerprint density at radius 1 is 1.37 bits per heavy atom. The van der Waals surface area contributed by atoms with Gasteiger partial charge in [-0.3, -0.25) is 4.79 Å². The van der Waals surface area contributed by atoms with Crippen LogP contribution < -0.4 is 4.74 Å². The zero-order chi connectivity index (χ0) is 13.7. The first-order chi connectivity index (χ1) is 9.15. The van der Waals surface area contributed by atoms with Crippen LogP contribution in [0.25, 0.3) is 0 Å². The second-order valence-corrected chi connectivity index (χ2v) is 4.39. The van der Waals surface area contributed by atoms with Crippen molar-refractivity contribution in [3.8, 4) is 5.75 Å². The summed E-state index contributed by atoms with van der Waals surface area (Å²) in [7, 11) is 1.73. The molecular formula is C14H17N3O2. The number of ether oxygens (including phenoxy) is 1. The Hall–Kier alpha value is -2.30. The van der Waals surface area contributed by atoms with Gasteiger partial charge in [-0.2, -0.15) is 0 Å². The van der Waals surface area contributed by atoms with Gasteiger partial charge >= 0.3 is 0 Å². The molecule has 2 aromatic rings. The maximum atomic E-state index is 11.9. The minimum absolute atomic E-state index is 0.0280. The number of nitrogens with one attached hydrogen (secondary N) is 1. The first kappa shape index (κ1) is 13.1. The topological polar surface area (TPSA) is 58.2 Å². The molecule has 0 spiro atoms. The van der Waals surface area contributed by atoms with E-state index in [4.69, 9.17) is 4.74 Å². The average Bonchev–Trinajstić information content (AvgIpc) is 2.90. The Kier molecular flexibility index (Phi) is 4.18. The highest BCUT2D eigenvalue weighted by atomic mass is 16.5. The van der Waals surface area contributed by atoms with Crippen LogP contribution in [0, 0.1) is 6.92 Å². The number of H-pyrrole nitrogens is 1. The molecule has 1 N–H and O–H groups in total. The predicted octanol–water partition coefficient (Wildman–Crippen LogP) is 1.76. The number of benzene rings is 1. The number of rotatable bonds is 5. The van der Waals surface area contributed by atoms with Crippen LogP contribution in [-0.2, 0) is 11.3 Å². The normalized spacial score (nSPS) is 10.2. The van der Waals surface area contributed by atoms with Gasteiger partial charge in [0.1, 0.15) is 11.6 Å². The fourth-order valence-electron chi connectivity index (χ4n) is 1.59. The smallest absolute Gasteiger partial charge is 0.260 e. The third-order valence-electron chi connectivity index (χ3n) is 2.75. The van der Waals surface area contributed by atoms with Crippen LogP contribution in [0.5, 0.6) is 5.75 Å². The van der Waals surface area contributed by atoms with Crippen LogP contribution in [-0.4, -0.2) is 34.4 Å². The number of hydrogen-bond donors (Lipinski definition) is 1. The van der Waals surface area contributed by atoms with Crippen molar-refractivity contribution in [2.45, 2.75) is 13.5 Å². The quantitative estimate of drug-likeness (QED) is 0.890. The fourth-order valence-corrected chi connectivity index (χ4v) is 1.59. The molecule has 0 unspecified atom stereocenters. The van der Waals surface area contributed by atoms with Crippen LogP contribution in [0.2, 0.25) is 0 Å². The van der Waals surface area contributed by atoms with Crippen molar-refractivity contribution in [3.05, 3.63) is 48.0 Å². The van der Waals surface area contributed by atoms with E-state index in [0.29, 0.717) is 12.3 Å². The van der Waals surface area contributed by atoms with Gasteiger partial charge in [0.05, 0.1) is 6.54 Å².